The number of hydrogen-bond acceptors (Lipinski definition) is 7. The predicted molar refractivity (Wildman–Crippen MR) is 45.9 cm³/mol. The lowest BCUT2D eigenvalue weighted by molar-refractivity contribution is -0.281. The highest BCUT2D eigenvalue weighted by Gasteiger charge is 2.28. The Labute approximate surface area is 80.5 Å². The van der Waals surface area contributed by atoms with Crippen molar-refractivity contribution in [1.29, 1.82) is 0 Å². The summed E-state index contributed by atoms with van der Waals surface area (Å²) in [7, 11) is -3.52. The molecule has 0 aromatic carbocycles. The average molecular weight is 226 g/mol. The van der Waals surface area contributed by atoms with Gasteiger partial charge in [0.25, 0.3) is 0 Å². The highest BCUT2D eigenvalue weighted by atomic mass is 31.1. The molecule has 8 heteroatoms. The Hall–Kier alpha value is -0.530. The lowest BCUT2D eigenvalue weighted by atomic mass is 10.6. The summed E-state index contributed by atoms with van der Waals surface area (Å²) in [4.78, 5) is 0. The van der Waals surface area contributed by atoms with E-state index in [0.29, 0.717) is 12.2 Å². The Morgan fingerprint density at radius 1 is 1.00 bits per heavy atom. The lowest BCUT2D eigenvalue weighted by Gasteiger charge is -2.20. The molecule has 0 saturated heterocycles. The van der Waals surface area contributed by atoms with Crippen LogP contribution in [0.3, 0.4) is 0 Å². The molecular formula is C6H11O7P. The minimum absolute atomic E-state index is 0.531. The van der Waals surface area contributed by atoms with Crippen molar-refractivity contribution in [2.24, 2.45) is 0 Å². The third kappa shape index (κ3) is 5.25. The standard InChI is InChI=1S/C6H11O7P/c1-3-5(7,8)12-14(11)13-6(9,10)4-2/h3-4,7-10,14H,1-2H2. The Morgan fingerprint density at radius 2 is 1.29 bits per heavy atom. The van der Waals surface area contributed by atoms with Gasteiger partial charge in [0, 0.05) is 0 Å². The Kier molecular flexibility index (Phi) is 4.63. The van der Waals surface area contributed by atoms with Gasteiger partial charge in [0.2, 0.25) is 0 Å². The molecule has 0 radical (unpaired) electrons. The topological polar surface area (TPSA) is 116 Å². The molecule has 0 heterocycles. The summed E-state index contributed by atoms with van der Waals surface area (Å²) in [6.07, 6.45) is 1.06. The highest BCUT2D eigenvalue weighted by molar-refractivity contribution is 7.33. The van der Waals surface area contributed by atoms with Gasteiger partial charge in [-0.1, -0.05) is 13.2 Å². The van der Waals surface area contributed by atoms with Gasteiger partial charge in [-0.3, -0.25) is 4.57 Å². The molecular weight excluding hydrogens is 215 g/mol. The van der Waals surface area contributed by atoms with E-state index in [2.05, 4.69) is 22.2 Å². The maximum atomic E-state index is 10.8. The van der Waals surface area contributed by atoms with Crippen LogP contribution in [0.5, 0.6) is 0 Å². The van der Waals surface area contributed by atoms with Gasteiger partial charge >= 0.3 is 20.2 Å². The largest absolute Gasteiger partial charge is 0.340 e. The van der Waals surface area contributed by atoms with Crippen LogP contribution >= 0.6 is 8.25 Å². The van der Waals surface area contributed by atoms with Gasteiger partial charge in [0.1, 0.15) is 0 Å². The molecule has 0 aliphatic heterocycles. The average Bonchev–Trinajstić information content (AvgIpc) is 2.02. The molecule has 0 atom stereocenters. The van der Waals surface area contributed by atoms with Crippen molar-refractivity contribution in [3.63, 3.8) is 0 Å². The molecule has 4 N–H and O–H groups in total. The molecule has 0 unspecified atom stereocenters. The predicted octanol–water partition coefficient (Wildman–Crippen LogP) is -0.942. The van der Waals surface area contributed by atoms with Crippen molar-refractivity contribution in [2.75, 3.05) is 0 Å². The van der Waals surface area contributed by atoms with E-state index in [9.17, 15) is 4.57 Å². The maximum Gasteiger partial charge on any atom is 0.328 e. The summed E-state index contributed by atoms with van der Waals surface area (Å²) in [5.74, 6) is -5.71. The van der Waals surface area contributed by atoms with Crippen molar-refractivity contribution in [3.8, 4) is 0 Å². The summed E-state index contributed by atoms with van der Waals surface area (Å²) in [5, 5.41) is 34.9. The monoisotopic (exact) mass is 226 g/mol. The van der Waals surface area contributed by atoms with E-state index in [0.717, 1.165) is 0 Å². The Morgan fingerprint density at radius 3 is 1.50 bits per heavy atom. The second-order valence-corrected chi connectivity index (χ2v) is 3.09. The molecule has 0 aliphatic carbocycles. The molecule has 0 bridgehead atoms. The number of rotatable bonds is 6. The van der Waals surface area contributed by atoms with E-state index in [4.69, 9.17) is 20.4 Å². The zero-order chi connectivity index (χ0) is 11.4. The lowest BCUT2D eigenvalue weighted by Crippen LogP contribution is -2.29. The molecule has 0 rings (SSSR count). The van der Waals surface area contributed by atoms with Gasteiger partial charge in [0.15, 0.2) is 0 Å². The first-order valence-electron chi connectivity index (χ1n) is 3.31. The third-order valence-corrected chi connectivity index (χ3v) is 1.93. The fourth-order valence-corrected chi connectivity index (χ4v) is 1.05. The van der Waals surface area contributed by atoms with E-state index in [1.54, 1.807) is 0 Å². The van der Waals surface area contributed by atoms with Crippen LogP contribution in [-0.4, -0.2) is 32.4 Å². The first-order chi connectivity index (χ1) is 6.22. The zero-order valence-electron chi connectivity index (χ0n) is 7.08. The quantitative estimate of drug-likeness (QED) is 0.262. The SMILES string of the molecule is C=CC(O)(O)O[PH](=O)OC(O)(O)C=C. The van der Waals surface area contributed by atoms with Crippen LogP contribution < -0.4 is 0 Å². The zero-order valence-corrected chi connectivity index (χ0v) is 8.08. The highest BCUT2D eigenvalue weighted by Crippen LogP contribution is 2.33. The first-order valence-corrected chi connectivity index (χ1v) is 4.53. The van der Waals surface area contributed by atoms with Gasteiger partial charge in [-0.25, -0.2) is 9.05 Å². The van der Waals surface area contributed by atoms with Crippen LogP contribution in [0.2, 0.25) is 0 Å². The van der Waals surface area contributed by atoms with E-state index < -0.39 is 20.2 Å². The summed E-state index contributed by atoms with van der Waals surface area (Å²) < 4.78 is 18.7. The third-order valence-electron chi connectivity index (χ3n) is 0.999. The van der Waals surface area contributed by atoms with E-state index in [1.807, 2.05) is 0 Å². The smallest absolute Gasteiger partial charge is 0.328 e. The molecule has 0 amide bonds. The minimum atomic E-state index is -3.52. The first kappa shape index (κ1) is 13.5. The second-order valence-electron chi connectivity index (χ2n) is 2.18. The fraction of sp³-hybridized carbons (Fsp3) is 0.333. The molecule has 7 nitrogen and oxygen atoms in total. The Balaban J connectivity index is 4.25. The van der Waals surface area contributed by atoms with Crippen LogP contribution in [0, 0.1) is 0 Å². The minimum Gasteiger partial charge on any atom is -0.340 e. The summed E-state index contributed by atoms with van der Waals surface area (Å²) in [6, 6.07) is 0. The molecule has 0 aromatic rings. The fourth-order valence-electron chi connectivity index (χ4n) is 0.349. The van der Waals surface area contributed by atoms with Crippen LogP contribution in [0.1, 0.15) is 0 Å². The molecule has 0 aromatic heterocycles. The van der Waals surface area contributed by atoms with Gasteiger partial charge in [0.05, 0.1) is 0 Å². The van der Waals surface area contributed by atoms with Gasteiger partial charge in [-0.2, -0.15) is 0 Å². The second kappa shape index (κ2) is 4.81. The summed E-state index contributed by atoms with van der Waals surface area (Å²) in [5.41, 5.74) is 0. The van der Waals surface area contributed by atoms with Crippen LogP contribution in [0.4, 0.5) is 0 Å². The molecule has 82 valence electrons. The number of aliphatic hydroxyl groups is 4. The van der Waals surface area contributed by atoms with Crippen molar-refractivity contribution in [2.45, 2.75) is 11.9 Å². The van der Waals surface area contributed by atoms with Gasteiger partial charge in [-0.15, -0.1) is 0 Å². The summed E-state index contributed by atoms with van der Waals surface area (Å²) >= 11 is 0. The van der Waals surface area contributed by atoms with Crippen LogP contribution in [0.15, 0.2) is 25.3 Å². The van der Waals surface area contributed by atoms with E-state index >= 15 is 0 Å². The van der Waals surface area contributed by atoms with Crippen LogP contribution in [0.25, 0.3) is 0 Å². The normalized spacial score (nSPS) is 12.9. The van der Waals surface area contributed by atoms with Gasteiger partial charge < -0.3 is 20.4 Å². The molecule has 0 spiro atoms. The molecule has 14 heavy (non-hydrogen) atoms. The van der Waals surface area contributed by atoms with Gasteiger partial charge in [-0.05, 0) is 12.2 Å². The van der Waals surface area contributed by atoms with Crippen molar-refractivity contribution in [1.82, 2.24) is 0 Å². The van der Waals surface area contributed by atoms with E-state index in [1.165, 1.54) is 0 Å². The van der Waals surface area contributed by atoms with Crippen LogP contribution in [-0.2, 0) is 13.6 Å². The Bertz CT molecular complexity index is 223. The van der Waals surface area contributed by atoms with Crippen molar-refractivity contribution >= 4 is 8.25 Å². The van der Waals surface area contributed by atoms with Crippen molar-refractivity contribution < 1.29 is 34.0 Å². The summed E-state index contributed by atoms with van der Waals surface area (Å²) in [6.45, 7) is 5.91. The molecule has 0 aliphatic rings. The molecule has 0 fully saturated rings. The van der Waals surface area contributed by atoms with Crippen molar-refractivity contribution in [3.05, 3.63) is 25.3 Å². The van der Waals surface area contributed by atoms with E-state index in [-0.39, 0.29) is 0 Å². The maximum absolute atomic E-state index is 10.8. The molecule has 0 saturated carbocycles. The number of hydrogen-bond donors (Lipinski definition) is 4.